The molecule has 0 heterocycles. The molecule has 0 spiro atoms. The minimum atomic E-state index is -0.0295. The molecule has 0 saturated heterocycles. The van der Waals surface area contributed by atoms with Crippen LogP contribution in [0.5, 0.6) is 0 Å². The van der Waals surface area contributed by atoms with E-state index in [9.17, 15) is 4.79 Å². The largest absolute Gasteiger partial charge is 0.352 e. The molecule has 1 aromatic carbocycles. The van der Waals surface area contributed by atoms with E-state index in [2.05, 4.69) is 33.9 Å². The van der Waals surface area contributed by atoms with Crippen LogP contribution in [0.3, 0.4) is 0 Å². The Labute approximate surface area is 109 Å². The van der Waals surface area contributed by atoms with E-state index < -0.39 is 0 Å². The minimum absolute atomic E-state index is 0.0295. The fourth-order valence-corrected chi connectivity index (χ4v) is 2.44. The highest BCUT2D eigenvalue weighted by Crippen LogP contribution is 2.31. The molecule has 1 saturated carbocycles. The highest BCUT2D eigenvalue weighted by atomic mass is 79.9. The van der Waals surface area contributed by atoms with E-state index >= 15 is 0 Å². The highest BCUT2D eigenvalue weighted by molar-refractivity contribution is 9.10. The molecule has 4 heteroatoms. The van der Waals surface area contributed by atoms with E-state index in [4.69, 9.17) is 0 Å². The quantitative estimate of drug-likeness (QED) is 0.821. The maximum atomic E-state index is 11.8. The Kier molecular flexibility index (Phi) is 3.92. The van der Waals surface area contributed by atoms with E-state index in [-0.39, 0.29) is 5.91 Å². The topological polar surface area (TPSA) is 29.1 Å². The third-order valence-electron chi connectivity index (χ3n) is 2.74. The van der Waals surface area contributed by atoms with Gasteiger partial charge in [0.15, 0.2) is 0 Å². The van der Waals surface area contributed by atoms with Crippen LogP contribution < -0.4 is 5.32 Å². The van der Waals surface area contributed by atoms with Crippen molar-refractivity contribution in [3.8, 4) is 0 Å². The molecule has 0 aliphatic heterocycles. The van der Waals surface area contributed by atoms with Gasteiger partial charge in [0.05, 0.1) is 5.56 Å². The molecule has 1 aliphatic rings. The Bertz CT molecular complexity index is 404. The zero-order valence-corrected chi connectivity index (χ0v) is 11.4. The van der Waals surface area contributed by atoms with Crippen molar-refractivity contribution < 1.29 is 4.79 Å². The maximum Gasteiger partial charge on any atom is 0.252 e. The van der Waals surface area contributed by atoms with Crippen molar-refractivity contribution in [1.82, 2.24) is 5.32 Å². The third kappa shape index (κ3) is 3.25. The van der Waals surface area contributed by atoms with Gasteiger partial charge in [0, 0.05) is 15.9 Å². The summed E-state index contributed by atoms with van der Waals surface area (Å²) in [4.78, 5) is 12.5. The Morgan fingerprint density at radius 3 is 2.88 bits per heavy atom. The van der Waals surface area contributed by atoms with Crippen LogP contribution in [0.1, 0.15) is 29.6 Å². The first-order valence-electron chi connectivity index (χ1n) is 5.43. The number of carbonyl (C=O) groups excluding carboxylic acids is 1. The summed E-state index contributed by atoms with van der Waals surface area (Å²) in [6, 6.07) is 5.48. The lowest BCUT2D eigenvalue weighted by Crippen LogP contribution is -2.25. The van der Waals surface area contributed by atoms with Crippen molar-refractivity contribution in [1.29, 1.82) is 0 Å². The SMILES string of the molecule is O=C(NCCC1CC1)c1ccc(Br)cc1S. The van der Waals surface area contributed by atoms with Crippen molar-refractivity contribution in [2.24, 2.45) is 5.92 Å². The Balaban J connectivity index is 1.91. The Hall–Kier alpha value is -0.480. The first kappa shape index (κ1) is 12.0. The van der Waals surface area contributed by atoms with Crippen molar-refractivity contribution >= 4 is 34.5 Å². The molecule has 1 amide bonds. The lowest BCUT2D eigenvalue weighted by Gasteiger charge is -2.07. The predicted octanol–water partition coefficient (Wildman–Crippen LogP) is 3.27. The lowest BCUT2D eigenvalue weighted by atomic mass is 10.2. The van der Waals surface area contributed by atoms with Gasteiger partial charge < -0.3 is 5.32 Å². The number of hydrogen-bond acceptors (Lipinski definition) is 2. The second kappa shape index (κ2) is 5.23. The number of carbonyl (C=O) groups is 1. The first-order chi connectivity index (χ1) is 7.66. The molecule has 86 valence electrons. The van der Waals surface area contributed by atoms with Gasteiger partial charge in [-0.15, -0.1) is 12.6 Å². The molecular weight excluding hydrogens is 286 g/mol. The number of thiol groups is 1. The van der Waals surface area contributed by atoms with Crippen LogP contribution in [-0.2, 0) is 0 Å². The van der Waals surface area contributed by atoms with E-state index in [1.54, 1.807) is 6.07 Å². The average molecular weight is 300 g/mol. The van der Waals surface area contributed by atoms with Gasteiger partial charge in [0.2, 0.25) is 0 Å². The fraction of sp³-hybridized carbons (Fsp3) is 0.417. The molecule has 0 bridgehead atoms. The summed E-state index contributed by atoms with van der Waals surface area (Å²) in [7, 11) is 0. The number of rotatable bonds is 4. The molecule has 0 radical (unpaired) electrons. The number of hydrogen-bond donors (Lipinski definition) is 2. The fourth-order valence-electron chi connectivity index (χ4n) is 1.59. The Morgan fingerprint density at radius 2 is 2.25 bits per heavy atom. The molecule has 2 rings (SSSR count). The summed E-state index contributed by atoms with van der Waals surface area (Å²) < 4.78 is 0.937. The number of benzene rings is 1. The number of amides is 1. The van der Waals surface area contributed by atoms with Gasteiger partial charge in [0.25, 0.3) is 5.91 Å². The molecule has 1 aliphatic carbocycles. The van der Waals surface area contributed by atoms with E-state index in [0.29, 0.717) is 10.5 Å². The standard InChI is InChI=1S/C12H14BrNOS/c13-9-3-4-10(11(16)7-9)12(15)14-6-5-8-1-2-8/h3-4,7-8,16H,1-2,5-6H2,(H,14,15). The molecule has 0 unspecified atom stereocenters. The highest BCUT2D eigenvalue weighted by Gasteiger charge is 2.20. The van der Waals surface area contributed by atoms with Crippen LogP contribution in [0.2, 0.25) is 0 Å². The van der Waals surface area contributed by atoms with Gasteiger partial charge >= 0.3 is 0 Å². The summed E-state index contributed by atoms with van der Waals surface area (Å²) >= 11 is 7.64. The van der Waals surface area contributed by atoms with Gasteiger partial charge in [-0.05, 0) is 30.5 Å². The van der Waals surface area contributed by atoms with Crippen LogP contribution in [-0.4, -0.2) is 12.5 Å². The summed E-state index contributed by atoms with van der Waals surface area (Å²) in [6.45, 7) is 0.771. The molecule has 2 nitrogen and oxygen atoms in total. The summed E-state index contributed by atoms with van der Waals surface area (Å²) in [6.07, 6.45) is 3.75. The zero-order chi connectivity index (χ0) is 11.5. The van der Waals surface area contributed by atoms with Crippen LogP contribution in [0, 0.1) is 5.92 Å². The van der Waals surface area contributed by atoms with Crippen LogP contribution in [0.4, 0.5) is 0 Å². The first-order valence-corrected chi connectivity index (χ1v) is 6.67. The number of halogens is 1. The van der Waals surface area contributed by atoms with Crippen LogP contribution in [0.15, 0.2) is 27.6 Å². The van der Waals surface area contributed by atoms with E-state index in [1.165, 1.54) is 12.8 Å². The molecule has 1 N–H and O–H groups in total. The van der Waals surface area contributed by atoms with Crippen molar-refractivity contribution in [2.45, 2.75) is 24.2 Å². The molecule has 1 aromatic rings. The summed E-state index contributed by atoms with van der Waals surface area (Å²) in [5.74, 6) is 0.818. The van der Waals surface area contributed by atoms with Crippen LogP contribution >= 0.6 is 28.6 Å². The smallest absolute Gasteiger partial charge is 0.252 e. The molecule has 1 fully saturated rings. The van der Waals surface area contributed by atoms with Gasteiger partial charge in [-0.3, -0.25) is 4.79 Å². The second-order valence-electron chi connectivity index (χ2n) is 4.15. The molecular formula is C12H14BrNOS. The van der Waals surface area contributed by atoms with E-state index in [0.717, 1.165) is 23.4 Å². The van der Waals surface area contributed by atoms with Gasteiger partial charge in [-0.1, -0.05) is 28.8 Å². The maximum absolute atomic E-state index is 11.8. The zero-order valence-electron chi connectivity index (χ0n) is 8.87. The molecule has 0 atom stereocenters. The molecule has 16 heavy (non-hydrogen) atoms. The second-order valence-corrected chi connectivity index (χ2v) is 5.55. The minimum Gasteiger partial charge on any atom is -0.352 e. The molecule has 0 aromatic heterocycles. The van der Waals surface area contributed by atoms with E-state index in [1.807, 2.05) is 12.1 Å². The summed E-state index contributed by atoms with van der Waals surface area (Å²) in [5, 5.41) is 2.93. The van der Waals surface area contributed by atoms with Crippen molar-refractivity contribution in [3.63, 3.8) is 0 Å². The van der Waals surface area contributed by atoms with Gasteiger partial charge in [0.1, 0.15) is 0 Å². The normalized spacial score (nSPS) is 14.9. The van der Waals surface area contributed by atoms with Gasteiger partial charge in [-0.25, -0.2) is 0 Å². The number of nitrogens with one attached hydrogen (secondary N) is 1. The third-order valence-corrected chi connectivity index (χ3v) is 3.60. The lowest BCUT2D eigenvalue weighted by molar-refractivity contribution is 0.0950. The monoisotopic (exact) mass is 299 g/mol. The summed E-state index contributed by atoms with van der Waals surface area (Å²) in [5.41, 5.74) is 0.641. The van der Waals surface area contributed by atoms with Crippen molar-refractivity contribution in [3.05, 3.63) is 28.2 Å². The van der Waals surface area contributed by atoms with Crippen molar-refractivity contribution in [2.75, 3.05) is 6.54 Å². The average Bonchev–Trinajstić information content (AvgIpc) is 3.01. The Morgan fingerprint density at radius 1 is 1.50 bits per heavy atom. The van der Waals surface area contributed by atoms with Crippen LogP contribution in [0.25, 0.3) is 0 Å². The predicted molar refractivity (Wildman–Crippen MR) is 71.1 cm³/mol. The van der Waals surface area contributed by atoms with Gasteiger partial charge in [-0.2, -0.15) is 0 Å².